The molecular weight excluding hydrogens is 334 g/mol. The Kier molecular flexibility index (Phi) is 4.88. The van der Waals surface area contributed by atoms with Crippen LogP contribution in [0, 0.1) is 6.92 Å². The van der Waals surface area contributed by atoms with Crippen LogP contribution in [0.25, 0.3) is 17.3 Å². The number of amides is 1. The molecule has 2 aromatic carbocycles. The average molecular weight is 357 g/mol. The zero-order chi connectivity index (χ0) is 18.6. The summed E-state index contributed by atoms with van der Waals surface area (Å²) in [6.07, 6.45) is 6.68. The van der Waals surface area contributed by atoms with E-state index in [1.807, 2.05) is 40.1 Å². The Hall–Kier alpha value is -3.14. The van der Waals surface area contributed by atoms with Crippen molar-refractivity contribution < 1.29 is 4.79 Å². The molecule has 4 rings (SSSR count). The van der Waals surface area contributed by atoms with Crippen molar-refractivity contribution >= 4 is 12.0 Å². The van der Waals surface area contributed by atoms with E-state index in [4.69, 9.17) is 5.10 Å². The molecule has 1 fully saturated rings. The molecule has 1 aromatic heterocycles. The summed E-state index contributed by atoms with van der Waals surface area (Å²) >= 11 is 0. The minimum Gasteiger partial charge on any atom is -0.339 e. The summed E-state index contributed by atoms with van der Waals surface area (Å²) in [5, 5.41) is 4.80. The molecule has 0 N–H and O–H groups in total. The molecule has 0 aliphatic carbocycles. The molecule has 0 spiro atoms. The lowest BCUT2D eigenvalue weighted by Crippen LogP contribution is -2.40. The molecule has 0 atom stereocenters. The fraction of sp³-hybridized carbons (Fsp3) is 0.217. The SMILES string of the molecule is Cc1ccc(-c2nn(Cc3ccccc3)cc2C=CC(=O)N2CCC2)cc1. The summed E-state index contributed by atoms with van der Waals surface area (Å²) in [5.41, 5.74) is 5.33. The number of aromatic nitrogens is 2. The van der Waals surface area contributed by atoms with Gasteiger partial charge in [-0.15, -0.1) is 0 Å². The summed E-state index contributed by atoms with van der Waals surface area (Å²) in [6, 6.07) is 18.6. The quantitative estimate of drug-likeness (QED) is 0.643. The molecule has 136 valence electrons. The minimum atomic E-state index is 0.0758. The van der Waals surface area contributed by atoms with Gasteiger partial charge in [-0.05, 0) is 25.0 Å². The molecule has 4 nitrogen and oxygen atoms in total. The van der Waals surface area contributed by atoms with Gasteiger partial charge in [0.05, 0.1) is 12.2 Å². The number of carbonyl (C=O) groups excluding carboxylic acids is 1. The van der Waals surface area contributed by atoms with E-state index in [9.17, 15) is 4.79 Å². The molecule has 27 heavy (non-hydrogen) atoms. The first-order valence-electron chi connectivity index (χ1n) is 9.34. The van der Waals surface area contributed by atoms with Gasteiger partial charge < -0.3 is 4.90 Å². The van der Waals surface area contributed by atoms with Gasteiger partial charge in [-0.2, -0.15) is 5.10 Å². The summed E-state index contributed by atoms with van der Waals surface area (Å²) < 4.78 is 1.94. The van der Waals surface area contributed by atoms with Crippen LogP contribution in [0.3, 0.4) is 0 Å². The first kappa shape index (κ1) is 17.3. The number of benzene rings is 2. The highest BCUT2D eigenvalue weighted by atomic mass is 16.2. The molecule has 2 heterocycles. The van der Waals surface area contributed by atoms with Crippen LogP contribution in [0.15, 0.2) is 66.9 Å². The Bertz CT molecular complexity index is 951. The number of hydrogen-bond acceptors (Lipinski definition) is 2. The third-order valence-electron chi connectivity index (χ3n) is 4.88. The second kappa shape index (κ2) is 7.62. The van der Waals surface area contributed by atoms with Crippen LogP contribution in [0.1, 0.15) is 23.1 Å². The van der Waals surface area contributed by atoms with Crippen molar-refractivity contribution in [1.82, 2.24) is 14.7 Å². The highest BCUT2D eigenvalue weighted by molar-refractivity contribution is 5.93. The second-order valence-electron chi connectivity index (χ2n) is 6.99. The normalized spacial score (nSPS) is 13.7. The Morgan fingerprint density at radius 1 is 1.07 bits per heavy atom. The van der Waals surface area contributed by atoms with Crippen LogP contribution in [-0.4, -0.2) is 33.7 Å². The fourth-order valence-corrected chi connectivity index (χ4v) is 3.15. The van der Waals surface area contributed by atoms with Crippen LogP contribution in [0.4, 0.5) is 0 Å². The van der Waals surface area contributed by atoms with E-state index < -0.39 is 0 Å². The van der Waals surface area contributed by atoms with Gasteiger partial charge in [0.15, 0.2) is 0 Å². The molecule has 1 amide bonds. The Labute approximate surface area is 159 Å². The summed E-state index contributed by atoms with van der Waals surface area (Å²) in [6.45, 7) is 4.50. The van der Waals surface area contributed by atoms with Gasteiger partial charge in [0.1, 0.15) is 0 Å². The number of hydrogen-bond donors (Lipinski definition) is 0. The molecule has 1 aliphatic heterocycles. The van der Waals surface area contributed by atoms with Crippen LogP contribution in [0.2, 0.25) is 0 Å². The van der Waals surface area contributed by atoms with Gasteiger partial charge in [0.2, 0.25) is 5.91 Å². The zero-order valence-corrected chi connectivity index (χ0v) is 15.5. The van der Waals surface area contributed by atoms with Crippen LogP contribution < -0.4 is 0 Å². The topological polar surface area (TPSA) is 38.1 Å². The third kappa shape index (κ3) is 4.00. The van der Waals surface area contributed by atoms with Crippen LogP contribution in [-0.2, 0) is 11.3 Å². The predicted molar refractivity (Wildman–Crippen MR) is 108 cm³/mol. The number of rotatable bonds is 5. The van der Waals surface area contributed by atoms with Gasteiger partial charge in [-0.25, -0.2) is 0 Å². The minimum absolute atomic E-state index is 0.0758. The van der Waals surface area contributed by atoms with E-state index in [-0.39, 0.29) is 5.91 Å². The van der Waals surface area contributed by atoms with E-state index in [1.54, 1.807) is 6.08 Å². The molecule has 4 heteroatoms. The molecule has 3 aromatic rings. The first-order valence-corrected chi connectivity index (χ1v) is 9.34. The maximum absolute atomic E-state index is 12.2. The monoisotopic (exact) mass is 357 g/mol. The molecule has 1 saturated heterocycles. The van der Waals surface area contributed by atoms with E-state index in [0.29, 0.717) is 6.54 Å². The summed E-state index contributed by atoms with van der Waals surface area (Å²) in [4.78, 5) is 14.1. The molecule has 0 saturated carbocycles. The Balaban J connectivity index is 1.65. The van der Waals surface area contributed by atoms with E-state index in [2.05, 4.69) is 43.3 Å². The number of aryl methyl sites for hydroxylation is 1. The Morgan fingerprint density at radius 2 is 1.81 bits per heavy atom. The fourth-order valence-electron chi connectivity index (χ4n) is 3.15. The second-order valence-corrected chi connectivity index (χ2v) is 6.99. The van der Waals surface area contributed by atoms with E-state index in [0.717, 1.165) is 36.3 Å². The standard InChI is InChI=1S/C23H23N3O/c1-18-8-10-20(11-9-18)23-21(12-13-22(27)25-14-5-15-25)17-26(24-23)16-19-6-3-2-4-7-19/h2-4,6-13,17H,5,14-16H2,1H3. The molecule has 1 aliphatic rings. The molecule has 0 unspecified atom stereocenters. The van der Waals surface area contributed by atoms with Crippen molar-refractivity contribution in [3.05, 3.63) is 83.6 Å². The molecular formula is C23H23N3O. The van der Waals surface area contributed by atoms with E-state index in [1.165, 1.54) is 11.1 Å². The van der Waals surface area contributed by atoms with Crippen LogP contribution >= 0.6 is 0 Å². The maximum atomic E-state index is 12.2. The lowest BCUT2D eigenvalue weighted by Gasteiger charge is -2.29. The largest absolute Gasteiger partial charge is 0.339 e. The van der Waals surface area contributed by atoms with Crippen molar-refractivity contribution in [2.75, 3.05) is 13.1 Å². The van der Waals surface area contributed by atoms with E-state index >= 15 is 0 Å². The first-order chi connectivity index (χ1) is 13.2. The highest BCUT2D eigenvalue weighted by Crippen LogP contribution is 2.24. The van der Waals surface area contributed by atoms with Gasteiger partial charge in [-0.3, -0.25) is 9.48 Å². The number of nitrogens with zero attached hydrogens (tertiary/aromatic N) is 3. The van der Waals surface area contributed by atoms with Crippen LogP contribution in [0.5, 0.6) is 0 Å². The lowest BCUT2D eigenvalue weighted by molar-refractivity contribution is -0.129. The zero-order valence-electron chi connectivity index (χ0n) is 15.5. The highest BCUT2D eigenvalue weighted by Gasteiger charge is 2.18. The average Bonchev–Trinajstić information content (AvgIpc) is 3.03. The van der Waals surface area contributed by atoms with Crippen molar-refractivity contribution in [2.24, 2.45) is 0 Å². The third-order valence-corrected chi connectivity index (χ3v) is 4.88. The summed E-state index contributed by atoms with van der Waals surface area (Å²) in [5.74, 6) is 0.0758. The van der Waals surface area contributed by atoms with Crippen molar-refractivity contribution in [2.45, 2.75) is 19.9 Å². The van der Waals surface area contributed by atoms with Crippen molar-refractivity contribution in [1.29, 1.82) is 0 Å². The van der Waals surface area contributed by atoms with Gasteiger partial charge in [-0.1, -0.05) is 60.2 Å². The number of likely N-dealkylation sites (tertiary alicyclic amines) is 1. The molecule has 0 bridgehead atoms. The van der Waals surface area contributed by atoms with Gasteiger partial charge >= 0.3 is 0 Å². The lowest BCUT2D eigenvalue weighted by atomic mass is 10.1. The number of carbonyl (C=O) groups is 1. The smallest absolute Gasteiger partial charge is 0.246 e. The predicted octanol–water partition coefficient (Wildman–Crippen LogP) is 4.15. The van der Waals surface area contributed by atoms with Crippen molar-refractivity contribution in [3.8, 4) is 11.3 Å². The maximum Gasteiger partial charge on any atom is 0.246 e. The van der Waals surface area contributed by atoms with Crippen molar-refractivity contribution in [3.63, 3.8) is 0 Å². The molecule has 0 radical (unpaired) electrons. The summed E-state index contributed by atoms with van der Waals surface area (Å²) in [7, 11) is 0. The Morgan fingerprint density at radius 3 is 2.48 bits per heavy atom. The van der Waals surface area contributed by atoms with Gasteiger partial charge in [0.25, 0.3) is 0 Å². The van der Waals surface area contributed by atoms with Gasteiger partial charge in [0, 0.05) is 36.5 Å².